The molecule has 1 heterocycles. The first kappa shape index (κ1) is 47.2. The van der Waals surface area contributed by atoms with Crippen LogP contribution < -0.4 is 49.8 Å². The van der Waals surface area contributed by atoms with E-state index in [0.29, 0.717) is 29.5 Å². The summed E-state index contributed by atoms with van der Waals surface area (Å²) in [5.41, 5.74) is 21.8. The third kappa shape index (κ3) is 17.4. The van der Waals surface area contributed by atoms with Crippen molar-refractivity contribution in [1.29, 1.82) is 0 Å². The van der Waals surface area contributed by atoms with E-state index >= 15 is 0 Å². The van der Waals surface area contributed by atoms with Crippen LogP contribution in [0.25, 0.3) is 11.0 Å². The molecule has 0 spiro atoms. The number of aryl methyl sites for hydroxylation is 1. The van der Waals surface area contributed by atoms with Gasteiger partial charge in [0.05, 0.1) is 0 Å². The zero-order valence-corrected chi connectivity index (χ0v) is 32.1. The maximum absolute atomic E-state index is 13.8. The Balaban J connectivity index is 0.0000130. The van der Waals surface area contributed by atoms with Gasteiger partial charge in [-0.25, -0.2) is 9.59 Å². The first-order valence-corrected chi connectivity index (χ1v) is 16.4. The van der Waals surface area contributed by atoms with Crippen LogP contribution in [0.4, 0.5) is 10.5 Å². The molecule has 19 heteroatoms. The number of ether oxygens (including phenoxy) is 1. The number of nitrogens with one attached hydrogen (secondary N) is 4. The summed E-state index contributed by atoms with van der Waals surface area (Å²) in [4.78, 5) is 73.3. The third-order valence-corrected chi connectivity index (χ3v) is 7.09. The van der Waals surface area contributed by atoms with E-state index in [-0.39, 0.29) is 80.6 Å². The van der Waals surface area contributed by atoms with Crippen molar-refractivity contribution >= 4 is 77.2 Å². The second-order valence-corrected chi connectivity index (χ2v) is 13.3. The molecule has 12 N–H and O–H groups in total. The minimum absolute atomic E-state index is 0. The van der Waals surface area contributed by atoms with Gasteiger partial charge < -0.3 is 53.4 Å². The lowest BCUT2D eigenvalue weighted by Gasteiger charge is -2.27. The number of guanidine groups is 2. The lowest BCUT2D eigenvalue weighted by molar-refractivity contribution is -0.132. The van der Waals surface area contributed by atoms with Crippen LogP contribution in [0.2, 0.25) is 0 Å². The molecule has 0 saturated carbocycles. The summed E-state index contributed by atoms with van der Waals surface area (Å²) in [5.74, 6) is -2.11. The van der Waals surface area contributed by atoms with Crippen molar-refractivity contribution in [3.63, 3.8) is 0 Å². The normalized spacial score (nSPS) is 12.5. The summed E-state index contributed by atoms with van der Waals surface area (Å²) in [7, 11) is 0. The SMILES string of the molecule is Cc1cc(=O)oc2cc(NC(=O)[C@H](CCCN=C(N)N)NC(=O)[C@H](CCCN=C(N)N)NC(=O)[C@H](CC(C)C)NC(=O)OC(C)(C)C)ccc12.Cl.Cl. The molecule has 0 fully saturated rings. The Morgan fingerprint density at radius 2 is 1.33 bits per heavy atom. The smallest absolute Gasteiger partial charge is 0.408 e. The fraction of sp³-hybridized carbons (Fsp3) is 0.545. The molecule has 0 radical (unpaired) electrons. The van der Waals surface area contributed by atoms with E-state index in [2.05, 4.69) is 31.3 Å². The molecule has 0 aliphatic carbocycles. The molecule has 292 valence electrons. The van der Waals surface area contributed by atoms with E-state index in [1.54, 1.807) is 39.8 Å². The highest BCUT2D eigenvalue weighted by Crippen LogP contribution is 2.21. The van der Waals surface area contributed by atoms with Crippen molar-refractivity contribution in [2.75, 3.05) is 18.4 Å². The first-order valence-electron chi connectivity index (χ1n) is 16.4. The van der Waals surface area contributed by atoms with Gasteiger partial charge in [-0.3, -0.25) is 24.4 Å². The molecule has 0 aliphatic heterocycles. The van der Waals surface area contributed by atoms with E-state index in [1.807, 2.05) is 13.8 Å². The van der Waals surface area contributed by atoms with Gasteiger partial charge in [0.2, 0.25) is 17.7 Å². The third-order valence-electron chi connectivity index (χ3n) is 7.09. The molecule has 0 saturated heterocycles. The highest BCUT2D eigenvalue weighted by Gasteiger charge is 2.31. The Morgan fingerprint density at radius 1 is 0.808 bits per heavy atom. The number of halogens is 2. The first-order chi connectivity index (χ1) is 23.3. The van der Waals surface area contributed by atoms with E-state index in [0.717, 1.165) is 0 Å². The molecule has 2 rings (SSSR count). The minimum Gasteiger partial charge on any atom is -0.444 e. The predicted octanol–water partition coefficient (Wildman–Crippen LogP) is 1.90. The lowest BCUT2D eigenvalue weighted by atomic mass is 10.0. The van der Waals surface area contributed by atoms with Crippen molar-refractivity contribution in [3.05, 3.63) is 40.2 Å². The highest BCUT2D eigenvalue weighted by atomic mass is 35.5. The Bertz CT molecular complexity index is 1620. The van der Waals surface area contributed by atoms with Crippen molar-refractivity contribution in [1.82, 2.24) is 16.0 Å². The summed E-state index contributed by atoms with van der Waals surface area (Å²) in [6, 6.07) is 2.97. The van der Waals surface area contributed by atoms with Gasteiger partial charge in [0.1, 0.15) is 29.3 Å². The average Bonchev–Trinajstić information content (AvgIpc) is 2.97. The molecule has 3 atom stereocenters. The second kappa shape index (κ2) is 22.2. The van der Waals surface area contributed by atoms with Crippen molar-refractivity contribution in [2.24, 2.45) is 38.8 Å². The van der Waals surface area contributed by atoms with Gasteiger partial charge in [0.15, 0.2) is 11.9 Å². The van der Waals surface area contributed by atoms with Gasteiger partial charge >= 0.3 is 11.7 Å². The maximum Gasteiger partial charge on any atom is 0.408 e. The van der Waals surface area contributed by atoms with E-state index in [1.165, 1.54) is 12.1 Å². The number of amides is 4. The van der Waals surface area contributed by atoms with Gasteiger partial charge in [-0.2, -0.15) is 0 Å². The molecular formula is C33H54Cl2N10O7. The van der Waals surface area contributed by atoms with Gasteiger partial charge in [0, 0.05) is 36.3 Å². The Morgan fingerprint density at radius 3 is 1.83 bits per heavy atom. The van der Waals surface area contributed by atoms with Crippen LogP contribution in [-0.2, 0) is 19.1 Å². The quantitative estimate of drug-likeness (QED) is 0.0497. The number of nitrogens with zero attached hydrogens (tertiary/aromatic N) is 2. The Labute approximate surface area is 315 Å². The molecule has 4 amide bonds. The largest absolute Gasteiger partial charge is 0.444 e. The number of aliphatic imine (C=N–C) groups is 2. The number of benzene rings is 1. The van der Waals surface area contributed by atoms with Crippen LogP contribution in [0.3, 0.4) is 0 Å². The maximum atomic E-state index is 13.8. The number of rotatable bonds is 17. The predicted molar refractivity (Wildman–Crippen MR) is 207 cm³/mol. The highest BCUT2D eigenvalue weighted by molar-refractivity contribution is 6.00. The number of carbonyl (C=O) groups excluding carboxylic acids is 4. The molecule has 52 heavy (non-hydrogen) atoms. The Hall–Kier alpha value is -4.77. The van der Waals surface area contributed by atoms with Crippen LogP contribution in [0.15, 0.2) is 43.5 Å². The molecule has 17 nitrogen and oxygen atoms in total. The summed E-state index contributed by atoms with van der Waals surface area (Å²) in [6.07, 6.45) is 0.316. The number of nitrogens with two attached hydrogens (primary N) is 4. The van der Waals surface area contributed by atoms with Crippen molar-refractivity contribution in [2.45, 2.75) is 97.4 Å². The van der Waals surface area contributed by atoms with E-state index in [9.17, 15) is 24.0 Å². The number of hydrogen-bond donors (Lipinski definition) is 8. The zero-order chi connectivity index (χ0) is 37.6. The molecule has 2 aromatic rings. The number of carbonyl (C=O) groups is 4. The molecule has 0 unspecified atom stereocenters. The molecule has 0 bridgehead atoms. The fourth-order valence-electron chi connectivity index (χ4n) is 4.87. The number of anilines is 1. The summed E-state index contributed by atoms with van der Waals surface area (Å²) in [6.45, 7) is 11.0. The summed E-state index contributed by atoms with van der Waals surface area (Å²) < 4.78 is 10.6. The van der Waals surface area contributed by atoms with Crippen LogP contribution in [-0.4, -0.2) is 72.5 Å². The zero-order valence-electron chi connectivity index (χ0n) is 30.4. The van der Waals surface area contributed by atoms with Gasteiger partial charge in [-0.15, -0.1) is 24.8 Å². The van der Waals surface area contributed by atoms with Crippen molar-refractivity contribution < 1.29 is 28.3 Å². The molecular weight excluding hydrogens is 719 g/mol. The molecule has 1 aromatic heterocycles. The van der Waals surface area contributed by atoms with Crippen molar-refractivity contribution in [3.8, 4) is 0 Å². The topological polar surface area (TPSA) is 285 Å². The van der Waals surface area contributed by atoms with Crippen LogP contribution >= 0.6 is 24.8 Å². The lowest BCUT2D eigenvalue weighted by Crippen LogP contribution is -2.56. The van der Waals surface area contributed by atoms with Crippen LogP contribution in [0.1, 0.15) is 72.3 Å². The van der Waals surface area contributed by atoms with Gasteiger partial charge in [0.25, 0.3) is 0 Å². The average molecular weight is 774 g/mol. The van der Waals surface area contributed by atoms with Crippen LogP contribution in [0, 0.1) is 12.8 Å². The standard InChI is InChI=1S/C33H52N10O7.2ClH/c1-18(2)15-24(43-32(48)50-33(4,5)6)29(47)42-23(10-8-14-39-31(36)37)28(46)41-22(9-7-13-38-30(34)35)27(45)40-20-11-12-21-19(3)16-26(44)49-25(21)17-20;;/h11-12,16-18,22-24H,7-10,13-15H2,1-6H3,(H,40,45)(H,41,46)(H,42,47)(H,43,48)(H4,34,35,38)(H4,36,37,39);2*1H/t22-,23-,24-;;/m0../s1. The number of fused-ring (bicyclic) bond motifs is 1. The fourth-order valence-corrected chi connectivity index (χ4v) is 4.87. The Kier molecular flexibility index (Phi) is 20.2. The summed E-state index contributed by atoms with van der Waals surface area (Å²) in [5, 5.41) is 11.5. The van der Waals surface area contributed by atoms with Crippen LogP contribution in [0.5, 0.6) is 0 Å². The second-order valence-electron chi connectivity index (χ2n) is 13.3. The molecule has 0 aliphatic rings. The molecule has 1 aromatic carbocycles. The number of alkyl carbamates (subject to hydrolysis) is 1. The van der Waals surface area contributed by atoms with E-state index in [4.69, 9.17) is 32.1 Å². The summed E-state index contributed by atoms with van der Waals surface area (Å²) >= 11 is 0. The van der Waals surface area contributed by atoms with Gasteiger partial charge in [-0.1, -0.05) is 13.8 Å². The van der Waals surface area contributed by atoms with Gasteiger partial charge in [-0.05, 0) is 83.4 Å². The minimum atomic E-state index is -1.14. The van der Waals surface area contributed by atoms with E-state index < -0.39 is 53.2 Å². The number of hydrogen-bond acceptors (Lipinski definition) is 9. The monoisotopic (exact) mass is 772 g/mol.